The second kappa shape index (κ2) is 10.3. The molecule has 2 heterocycles. The summed E-state index contributed by atoms with van der Waals surface area (Å²) in [5.74, 6) is -0.606. The van der Waals surface area contributed by atoms with E-state index < -0.39 is 12.0 Å². The van der Waals surface area contributed by atoms with E-state index in [0.29, 0.717) is 29.1 Å². The Hall–Kier alpha value is -2.03. The number of hydrogen-bond acceptors (Lipinski definition) is 5. The van der Waals surface area contributed by atoms with E-state index in [-0.39, 0.29) is 18.6 Å². The normalized spacial score (nSPS) is 16.7. The van der Waals surface area contributed by atoms with E-state index in [1.54, 1.807) is 23.5 Å². The van der Waals surface area contributed by atoms with E-state index >= 15 is 0 Å². The van der Waals surface area contributed by atoms with Crippen molar-refractivity contribution in [3.63, 3.8) is 0 Å². The number of nitrogens with one attached hydrogen (secondary N) is 1. The zero-order valence-electron chi connectivity index (χ0n) is 18.6. The van der Waals surface area contributed by atoms with Gasteiger partial charge in [-0.05, 0) is 38.3 Å². The monoisotopic (exact) mass is 498 g/mol. The third-order valence-corrected chi connectivity index (χ3v) is 6.96. The third-order valence-electron chi connectivity index (χ3n) is 5.08. The minimum atomic E-state index is -1.03. The largest absolute Gasteiger partial charge is 0.480 e. The number of amides is 2. The van der Waals surface area contributed by atoms with Crippen LogP contribution in [0.5, 0.6) is 0 Å². The van der Waals surface area contributed by atoms with Crippen LogP contribution in [0.4, 0.5) is 9.93 Å². The van der Waals surface area contributed by atoms with Crippen molar-refractivity contribution < 1.29 is 14.7 Å². The Morgan fingerprint density at radius 1 is 1.22 bits per heavy atom. The van der Waals surface area contributed by atoms with Crippen LogP contribution < -0.4 is 10.2 Å². The molecule has 1 unspecified atom stereocenters. The Morgan fingerprint density at radius 2 is 1.94 bits per heavy atom. The molecule has 10 heteroatoms. The molecule has 2 aromatic rings. The van der Waals surface area contributed by atoms with Crippen molar-refractivity contribution in [1.82, 2.24) is 15.2 Å². The van der Waals surface area contributed by atoms with Crippen LogP contribution in [0.2, 0.25) is 10.0 Å². The van der Waals surface area contributed by atoms with E-state index in [4.69, 9.17) is 28.2 Å². The number of halogens is 2. The molecule has 174 valence electrons. The Labute approximate surface area is 202 Å². The van der Waals surface area contributed by atoms with Gasteiger partial charge in [0.2, 0.25) is 0 Å². The molecule has 0 saturated carbocycles. The molecule has 0 aliphatic carbocycles. The van der Waals surface area contributed by atoms with Crippen LogP contribution in [0.25, 0.3) is 11.3 Å². The Kier molecular flexibility index (Phi) is 7.90. The van der Waals surface area contributed by atoms with Crippen molar-refractivity contribution in [1.29, 1.82) is 0 Å². The first-order chi connectivity index (χ1) is 15.1. The second-order valence-electron chi connectivity index (χ2n) is 8.59. The number of thiazole rings is 1. The van der Waals surface area contributed by atoms with Gasteiger partial charge >= 0.3 is 12.0 Å². The summed E-state index contributed by atoms with van der Waals surface area (Å²) in [5, 5.41) is 14.3. The molecule has 7 nitrogen and oxygen atoms in total. The maximum absolute atomic E-state index is 12.5. The molecule has 32 heavy (non-hydrogen) atoms. The van der Waals surface area contributed by atoms with Crippen molar-refractivity contribution in [2.24, 2.45) is 5.92 Å². The lowest BCUT2D eigenvalue weighted by atomic mass is 10.0. The zero-order chi connectivity index (χ0) is 23.6. The second-order valence-corrected chi connectivity index (χ2v) is 10.5. The van der Waals surface area contributed by atoms with Crippen LogP contribution in [-0.2, 0) is 11.2 Å². The number of nitrogens with zero attached hydrogens (tertiary/aromatic N) is 3. The number of piperazine rings is 1. The van der Waals surface area contributed by atoms with E-state index in [9.17, 15) is 14.7 Å². The first-order valence-electron chi connectivity index (χ1n) is 10.6. The number of carboxylic acid groups (broad SMARTS) is 1. The third kappa shape index (κ3) is 5.66. The summed E-state index contributed by atoms with van der Waals surface area (Å²) in [6.45, 7) is 8.97. The van der Waals surface area contributed by atoms with Crippen molar-refractivity contribution in [2.75, 3.05) is 24.5 Å². The van der Waals surface area contributed by atoms with E-state index in [2.05, 4.69) is 19.2 Å². The number of rotatable bonds is 6. The lowest BCUT2D eigenvalue weighted by Gasteiger charge is -2.39. The number of benzene rings is 1. The number of carboxylic acids is 1. The Bertz CT molecular complexity index is 996. The van der Waals surface area contributed by atoms with Crippen LogP contribution in [0, 0.1) is 5.92 Å². The van der Waals surface area contributed by atoms with Crippen molar-refractivity contribution in [3.05, 3.63) is 33.1 Å². The van der Waals surface area contributed by atoms with Gasteiger partial charge in [0.1, 0.15) is 6.04 Å². The molecule has 0 bridgehead atoms. The molecule has 3 rings (SSSR count). The summed E-state index contributed by atoms with van der Waals surface area (Å²) in [5.41, 5.74) is 1.71. The molecular weight excluding hydrogens is 471 g/mol. The average molecular weight is 499 g/mol. The van der Waals surface area contributed by atoms with Crippen LogP contribution in [0.3, 0.4) is 0 Å². The van der Waals surface area contributed by atoms with Gasteiger partial charge in [0, 0.05) is 29.6 Å². The average Bonchev–Trinajstić information content (AvgIpc) is 3.12. The molecule has 1 atom stereocenters. The fourth-order valence-corrected chi connectivity index (χ4v) is 5.22. The summed E-state index contributed by atoms with van der Waals surface area (Å²) >= 11 is 13.9. The molecule has 1 aromatic carbocycles. The highest BCUT2D eigenvalue weighted by Gasteiger charge is 2.36. The first-order valence-corrected chi connectivity index (χ1v) is 12.1. The molecule has 2 amide bonds. The SMILES string of the molecule is CC(C)Cc1sc(N2CCN(C(=O)NC(C)C)C(C(=O)O)C2)nc1-c1ccc(Cl)c(Cl)c1. The van der Waals surface area contributed by atoms with Gasteiger partial charge in [-0.15, -0.1) is 11.3 Å². The van der Waals surface area contributed by atoms with Crippen molar-refractivity contribution >= 4 is 51.7 Å². The van der Waals surface area contributed by atoms with E-state index in [0.717, 1.165) is 27.7 Å². The van der Waals surface area contributed by atoms with Gasteiger partial charge in [0.15, 0.2) is 5.13 Å². The van der Waals surface area contributed by atoms with Gasteiger partial charge in [-0.3, -0.25) is 0 Å². The molecule has 1 aromatic heterocycles. The predicted octanol–water partition coefficient (Wildman–Crippen LogP) is 5.01. The van der Waals surface area contributed by atoms with Crippen LogP contribution in [0.15, 0.2) is 18.2 Å². The predicted molar refractivity (Wildman–Crippen MR) is 130 cm³/mol. The summed E-state index contributed by atoms with van der Waals surface area (Å²) in [4.78, 5) is 33.8. The van der Waals surface area contributed by atoms with Gasteiger partial charge < -0.3 is 20.2 Å². The van der Waals surface area contributed by atoms with Gasteiger partial charge in [0.25, 0.3) is 0 Å². The smallest absolute Gasteiger partial charge is 0.328 e. The van der Waals surface area contributed by atoms with Gasteiger partial charge in [0.05, 0.1) is 22.3 Å². The Balaban J connectivity index is 1.90. The number of aliphatic carboxylic acids is 1. The maximum Gasteiger partial charge on any atom is 0.328 e. The number of carbonyl (C=O) groups is 2. The molecule has 1 aliphatic rings. The van der Waals surface area contributed by atoms with E-state index in [1.807, 2.05) is 24.8 Å². The Morgan fingerprint density at radius 3 is 2.53 bits per heavy atom. The molecule has 0 radical (unpaired) electrons. The lowest BCUT2D eigenvalue weighted by Crippen LogP contribution is -2.61. The van der Waals surface area contributed by atoms with Crippen LogP contribution >= 0.6 is 34.5 Å². The van der Waals surface area contributed by atoms with Gasteiger partial charge in [-0.25, -0.2) is 14.6 Å². The molecule has 0 spiro atoms. The minimum Gasteiger partial charge on any atom is -0.480 e. The van der Waals surface area contributed by atoms with Gasteiger partial charge in [-0.1, -0.05) is 43.1 Å². The number of anilines is 1. The molecular formula is C22H28Cl2N4O3S. The molecule has 2 N–H and O–H groups in total. The highest BCUT2D eigenvalue weighted by molar-refractivity contribution is 7.16. The number of carbonyl (C=O) groups excluding carboxylic acids is 1. The minimum absolute atomic E-state index is 0.0683. The fraction of sp³-hybridized carbons (Fsp3) is 0.500. The van der Waals surface area contributed by atoms with Crippen molar-refractivity contribution in [3.8, 4) is 11.3 Å². The number of hydrogen-bond donors (Lipinski definition) is 2. The summed E-state index contributed by atoms with van der Waals surface area (Å²) in [7, 11) is 0. The van der Waals surface area contributed by atoms with Crippen molar-refractivity contribution in [2.45, 2.75) is 46.2 Å². The highest BCUT2D eigenvalue weighted by Crippen LogP contribution is 2.37. The molecule has 1 fully saturated rings. The quantitative estimate of drug-likeness (QED) is 0.584. The molecule has 1 saturated heterocycles. The van der Waals surface area contributed by atoms with E-state index in [1.165, 1.54) is 4.90 Å². The summed E-state index contributed by atoms with van der Waals surface area (Å²) in [6, 6.07) is 4.08. The zero-order valence-corrected chi connectivity index (χ0v) is 20.9. The number of aromatic nitrogens is 1. The van der Waals surface area contributed by atoms with Crippen LogP contribution in [-0.4, -0.2) is 58.7 Å². The summed E-state index contributed by atoms with van der Waals surface area (Å²) in [6.07, 6.45) is 0.840. The van der Waals surface area contributed by atoms with Crippen LogP contribution in [0.1, 0.15) is 32.6 Å². The number of urea groups is 1. The topological polar surface area (TPSA) is 85.8 Å². The van der Waals surface area contributed by atoms with Gasteiger partial charge in [-0.2, -0.15) is 0 Å². The first kappa shape index (κ1) is 24.6. The standard InChI is InChI=1S/C22H28Cl2N4O3S/c1-12(2)9-18-19(14-5-6-15(23)16(24)10-14)26-22(32-18)27-7-8-28(17(11-27)20(29)30)21(31)25-13(3)4/h5-6,10,12-13,17H,7-9,11H2,1-4H3,(H,25,31)(H,29,30). The fourth-order valence-electron chi connectivity index (χ4n) is 3.59. The highest BCUT2D eigenvalue weighted by atomic mass is 35.5. The summed E-state index contributed by atoms with van der Waals surface area (Å²) < 4.78 is 0. The molecule has 1 aliphatic heterocycles. The lowest BCUT2D eigenvalue weighted by molar-refractivity contribution is -0.142. The maximum atomic E-state index is 12.5.